The third kappa shape index (κ3) is 3.73. The van der Waals surface area contributed by atoms with E-state index in [1.165, 1.54) is 5.56 Å². The molecule has 1 amide bonds. The van der Waals surface area contributed by atoms with E-state index in [1.807, 2.05) is 39.0 Å². The van der Waals surface area contributed by atoms with Crippen LogP contribution in [0.15, 0.2) is 18.2 Å². The molecule has 0 radical (unpaired) electrons. The summed E-state index contributed by atoms with van der Waals surface area (Å²) in [6, 6.07) is 5.77. The van der Waals surface area contributed by atoms with E-state index in [1.54, 1.807) is 0 Å². The van der Waals surface area contributed by atoms with Gasteiger partial charge in [-0.25, -0.2) is 5.48 Å². The van der Waals surface area contributed by atoms with Crippen LogP contribution in [0.25, 0.3) is 0 Å². The minimum Gasteiger partial charge on any atom is -0.380 e. The van der Waals surface area contributed by atoms with Gasteiger partial charge in [-0.05, 0) is 65.2 Å². The maximum Gasteiger partial charge on any atom is 0.274 e. The van der Waals surface area contributed by atoms with E-state index < -0.39 is 5.60 Å². The Kier molecular flexibility index (Phi) is 3.78. The Morgan fingerprint density at radius 1 is 1.35 bits per heavy atom. The lowest BCUT2D eigenvalue weighted by Gasteiger charge is -2.34. The summed E-state index contributed by atoms with van der Waals surface area (Å²) >= 11 is 0. The van der Waals surface area contributed by atoms with Crippen molar-refractivity contribution >= 4 is 11.6 Å². The Bertz CT molecular complexity index is 516. The molecule has 1 aromatic rings. The lowest BCUT2D eigenvalue weighted by molar-refractivity contribution is -0.0589. The molecular weight excluding hydrogens is 252 g/mol. The van der Waals surface area contributed by atoms with Crippen LogP contribution in [0, 0.1) is 0 Å². The number of fused-ring (bicyclic) bond motifs is 1. The zero-order valence-electron chi connectivity index (χ0n) is 13.0. The van der Waals surface area contributed by atoms with Gasteiger partial charge in [-0.15, -0.1) is 0 Å². The van der Waals surface area contributed by atoms with E-state index >= 15 is 0 Å². The molecule has 0 bridgehead atoms. The van der Waals surface area contributed by atoms with Crippen LogP contribution in [0.2, 0.25) is 0 Å². The van der Waals surface area contributed by atoms with Crippen LogP contribution in [-0.2, 0) is 11.3 Å². The largest absolute Gasteiger partial charge is 0.380 e. The zero-order chi connectivity index (χ0) is 15.0. The van der Waals surface area contributed by atoms with Crippen molar-refractivity contribution in [2.24, 2.45) is 0 Å². The molecule has 1 aliphatic heterocycles. The van der Waals surface area contributed by atoms with Crippen LogP contribution in [0.3, 0.4) is 0 Å². The molecule has 0 saturated heterocycles. The first kappa shape index (κ1) is 14.9. The molecule has 1 aromatic carbocycles. The summed E-state index contributed by atoms with van der Waals surface area (Å²) in [7, 11) is 0. The second-order valence-electron chi connectivity index (χ2n) is 7.03. The fourth-order valence-electron chi connectivity index (χ4n) is 2.18. The molecule has 110 valence electrons. The standard InChI is InChI=1S/C16H24N2O2/c1-15(2,3)20-18-14(19)12-7-6-11-8-9-16(4,5)17-13(11)10-12/h6-7,10,17H,8-9H2,1-5H3,(H,18,19). The lowest BCUT2D eigenvalue weighted by atomic mass is 9.89. The Morgan fingerprint density at radius 3 is 2.70 bits per heavy atom. The minimum absolute atomic E-state index is 0.0734. The highest BCUT2D eigenvalue weighted by Gasteiger charge is 2.24. The number of benzene rings is 1. The summed E-state index contributed by atoms with van der Waals surface area (Å²) in [4.78, 5) is 17.4. The van der Waals surface area contributed by atoms with Gasteiger partial charge in [-0.3, -0.25) is 9.63 Å². The van der Waals surface area contributed by atoms with Crippen molar-refractivity contribution in [1.29, 1.82) is 0 Å². The molecule has 0 saturated carbocycles. The van der Waals surface area contributed by atoms with Crippen LogP contribution in [0.5, 0.6) is 0 Å². The Balaban J connectivity index is 2.13. The number of rotatable bonds is 2. The second-order valence-corrected chi connectivity index (χ2v) is 7.03. The fraction of sp³-hybridized carbons (Fsp3) is 0.562. The van der Waals surface area contributed by atoms with Crippen molar-refractivity contribution in [3.05, 3.63) is 29.3 Å². The summed E-state index contributed by atoms with van der Waals surface area (Å²) in [6.45, 7) is 10.0. The van der Waals surface area contributed by atoms with Crippen LogP contribution in [0.4, 0.5) is 5.69 Å². The van der Waals surface area contributed by atoms with Gasteiger partial charge in [-0.2, -0.15) is 0 Å². The Labute approximate surface area is 120 Å². The maximum absolute atomic E-state index is 12.1. The zero-order valence-corrected chi connectivity index (χ0v) is 13.0. The predicted octanol–water partition coefficient (Wildman–Crippen LogP) is 3.28. The Hall–Kier alpha value is -1.55. The smallest absolute Gasteiger partial charge is 0.274 e. The van der Waals surface area contributed by atoms with E-state index in [-0.39, 0.29) is 11.4 Å². The van der Waals surface area contributed by atoms with Crippen molar-refractivity contribution in [3.8, 4) is 0 Å². The predicted molar refractivity (Wildman–Crippen MR) is 80.8 cm³/mol. The van der Waals surface area contributed by atoms with Crippen molar-refractivity contribution in [2.45, 2.75) is 58.6 Å². The highest BCUT2D eigenvalue weighted by Crippen LogP contribution is 2.31. The number of anilines is 1. The molecular formula is C16H24N2O2. The number of hydrogen-bond acceptors (Lipinski definition) is 3. The molecule has 2 rings (SSSR count). The third-order valence-electron chi connectivity index (χ3n) is 3.31. The molecule has 0 aliphatic carbocycles. The van der Waals surface area contributed by atoms with Crippen LogP contribution >= 0.6 is 0 Å². The summed E-state index contributed by atoms with van der Waals surface area (Å²) in [6.07, 6.45) is 2.13. The lowest BCUT2D eigenvalue weighted by Crippen LogP contribution is -2.36. The van der Waals surface area contributed by atoms with Crippen LogP contribution < -0.4 is 10.8 Å². The number of aryl methyl sites for hydroxylation is 1. The van der Waals surface area contributed by atoms with Gasteiger partial charge in [0.15, 0.2) is 0 Å². The molecule has 0 spiro atoms. The Morgan fingerprint density at radius 2 is 2.05 bits per heavy atom. The number of nitrogens with one attached hydrogen (secondary N) is 2. The monoisotopic (exact) mass is 276 g/mol. The maximum atomic E-state index is 12.1. The van der Waals surface area contributed by atoms with E-state index in [9.17, 15) is 4.79 Å². The first-order valence-electron chi connectivity index (χ1n) is 7.06. The van der Waals surface area contributed by atoms with Gasteiger partial charge in [0.05, 0.1) is 5.60 Å². The van der Waals surface area contributed by atoms with E-state index in [0.29, 0.717) is 5.56 Å². The molecule has 1 aliphatic rings. The van der Waals surface area contributed by atoms with Crippen molar-refractivity contribution in [1.82, 2.24) is 5.48 Å². The molecule has 0 fully saturated rings. The van der Waals surface area contributed by atoms with Crippen molar-refractivity contribution in [3.63, 3.8) is 0 Å². The van der Waals surface area contributed by atoms with Gasteiger partial charge < -0.3 is 5.32 Å². The van der Waals surface area contributed by atoms with E-state index in [4.69, 9.17) is 4.84 Å². The molecule has 0 unspecified atom stereocenters. The molecule has 4 heteroatoms. The second kappa shape index (κ2) is 5.09. The number of hydrogen-bond donors (Lipinski definition) is 2. The topological polar surface area (TPSA) is 50.4 Å². The fourth-order valence-corrected chi connectivity index (χ4v) is 2.18. The highest BCUT2D eigenvalue weighted by atomic mass is 16.7. The van der Waals surface area contributed by atoms with Gasteiger partial charge in [0, 0.05) is 16.8 Å². The molecule has 2 N–H and O–H groups in total. The number of amides is 1. The summed E-state index contributed by atoms with van der Waals surface area (Å²) in [5.74, 6) is -0.215. The summed E-state index contributed by atoms with van der Waals surface area (Å²) < 4.78 is 0. The normalized spacial score (nSPS) is 17.1. The number of hydroxylamine groups is 1. The highest BCUT2D eigenvalue weighted by molar-refractivity contribution is 5.94. The van der Waals surface area contributed by atoms with Crippen LogP contribution in [-0.4, -0.2) is 17.0 Å². The first-order valence-corrected chi connectivity index (χ1v) is 7.06. The van der Waals surface area contributed by atoms with Gasteiger partial charge in [0.25, 0.3) is 5.91 Å². The summed E-state index contributed by atoms with van der Waals surface area (Å²) in [5, 5.41) is 3.48. The molecule has 4 nitrogen and oxygen atoms in total. The molecule has 0 atom stereocenters. The molecule has 20 heavy (non-hydrogen) atoms. The number of carbonyl (C=O) groups excluding carboxylic acids is 1. The average molecular weight is 276 g/mol. The third-order valence-corrected chi connectivity index (χ3v) is 3.31. The molecule has 1 heterocycles. The van der Waals surface area contributed by atoms with Crippen molar-refractivity contribution < 1.29 is 9.63 Å². The van der Waals surface area contributed by atoms with Crippen LogP contribution in [0.1, 0.15) is 57.0 Å². The quantitative estimate of drug-likeness (QED) is 0.815. The first-order chi connectivity index (χ1) is 9.16. The van der Waals surface area contributed by atoms with Gasteiger partial charge in [0.2, 0.25) is 0 Å². The molecule has 0 aromatic heterocycles. The van der Waals surface area contributed by atoms with E-state index in [0.717, 1.165) is 18.5 Å². The minimum atomic E-state index is -0.399. The van der Waals surface area contributed by atoms with Gasteiger partial charge in [0.1, 0.15) is 0 Å². The van der Waals surface area contributed by atoms with Gasteiger partial charge >= 0.3 is 0 Å². The van der Waals surface area contributed by atoms with E-state index in [2.05, 4.69) is 24.6 Å². The van der Waals surface area contributed by atoms with Gasteiger partial charge in [-0.1, -0.05) is 6.07 Å². The average Bonchev–Trinajstić information content (AvgIpc) is 2.33. The van der Waals surface area contributed by atoms with Crippen molar-refractivity contribution in [2.75, 3.05) is 5.32 Å². The SMILES string of the molecule is CC1(C)CCc2ccc(C(=O)NOC(C)(C)C)cc2N1. The number of carbonyl (C=O) groups is 1. The summed E-state index contributed by atoms with van der Waals surface area (Å²) in [5.41, 5.74) is 5.09.